The van der Waals surface area contributed by atoms with E-state index in [9.17, 15) is 13.5 Å². The van der Waals surface area contributed by atoms with Gasteiger partial charge < -0.3 is 5.11 Å². The number of alkyl halides is 1. The van der Waals surface area contributed by atoms with Gasteiger partial charge in [0.05, 0.1) is 6.10 Å². The highest BCUT2D eigenvalue weighted by Gasteiger charge is 2.50. The Morgan fingerprint density at radius 2 is 2.00 bits per heavy atom. The largest absolute Gasteiger partial charge is 0.390 e. The van der Waals surface area contributed by atoms with Gasteiger partial charge >= 0.3 is 0 Å². The van der Waals surface area contributed by atoms with Crippen LogP contribution in [0, 0.1) is 5.92 Å². The van der Waals surface area contributed by atoms with E-state index in [-0.39, 0.29) is 11.7 Å². The van der Waals surface area contributed by atoms with E-state index in [0.717, 1.165) is 12.8 Å². The molecule has 14 heavy (non-hydrogen) atoms. The highest BCUT2D eigenvalue weighted by atomic mass is 79.9. The molecular formula is C9H17BrO3S. The Balaban J connectivity index is 2.95. The molecule has 0 aromatic heterocycles. The van der Waals surface area contributed by atoms with E-state index in [1.54, 1.807) is 13.8 Å². The molecule has 2 atom stereocenters. The molecule has 1 rings (SSSR count). The average Bonchev–Trinajstić information content (AvgIpc) is 2.98. The van der Waals surface area contributed by atoms with Crippen molar-refractivity contribution in [3.05, 3.63) is 0 Å². The quantitative estimate of drug-likeness (QED) is 0.782. The molecule has 0 aliphatic heterocycles. The molecule has 0 amide bonds. The second-order valence-corrected chi connectivity index (χ2v) is 8.30. The van der Waals surface area contributed by atoms with Crippen LogP contribution in [0.2, 0.25) is 0 Å². The lowest BCUT2D eigenvalue weighted by molar-refractivity contribution is 0.135. The van der Waals surface area contributed by atoms with E-state index < -0.39 is 19.6 Å². The van der Waals surface area contributed by atoms with Gasteiger partial charge in [-0.1, -0.05) is 29.8 Å². The average molecular weight is 285 g/mol. The van der Waals surface area contributed by atoms with Gasteiger partial charge in [0.2, 0.25) is 0 Å². The molecule has 5 heteroatoms. The van der Waals surface area contributed by atoms with Crippen LogP contribution in [0.5, 0.6) is 0 Å². The van der Waals surface area contributed by atoms with E-state index in [1.165, 1.54) is 0 Å². The van der Waals surface area contributed by atoms with Gasteiger partial charge in [-0.15, -0.1) is 0 Å². The fourth-order valence-electron chi connectivity index (χ4n) is 1.62. The Labute approximate surface area is 93.9 Å². The minimum Gasteiger partial charge on any atom is -0.390 e. The Morgan fingerprint density at radius 3 is 2.29 bits per heavy atom. The molecule has 3 nitrogen and oxygen atoms in total. The van der Waals surface area contributed by atoms with Gasteiger partial charge in [0.1, 0.15) is 0 Å². The molecule has 0 saturated heterocycles. The minimum absolute atomic E-state index is 0.0653. The molecular weight excluding hydrogens is 268 g/mol. The van der Waals surface area contributed by atoms with Crippen LogP contribution < -0.4 is 0 Å². The Kier molecular flexibility index (Phi) is 3.65. The number of rotatable bonds is 5. The Bertz CT molecular complexity index is 297. The smallest absolute Gasteiger partial charge is 0.168 e. The molecule has 0 spiro atoms. The second-order valence-electron chi connectivity index (χ2n) is 3.83. The number of halogens is 1. The fraction of sp³-hybridized carbons (Fsp3) is 1.00. The van der Waals surface area contributed by atoms with Crippen molar-refractivity contribution in [3.8, 4) is 0 Å². The van der Waals surface area contributed by atoms with E-state index in [4.69, 9.17) is 0 Å². The zero-order valence-electron chi connectivity index (χ0n) is 8.53. The first-order valence-electron chi connectivity index (χ1n) is 4.98. The van der Waals surface area contributed by atoms with Crippen molar-refractivity contribution in [3.63, 3.8) is 0 Å². The van der Waals surface area contributed by atoms with E-state index in [2.05, 4.69) is 15.9 Å². The van der Waals surface area contributed by atoms with Crippen LogP contribution >= 0.6 is 15.9 Å². The van der Waals surface area contributed by atoms with Crippen LogP contribution in [-0.4, -0.2) is 29.0 Å². The zero-order valence-corrected chi connectivity index (χ0v) is 10.9. The second kappa shape index (κ2) is 4.10. The molecule has 0 aromatic carbocycles. The summed E-state index contributed by atoms with van der Waals surface area (Å²) in [7, 11) is -3.25. The van der Waals surface area contributed by atoms with Crippen molar-refractivity contribution in [2.24, 2.45) is 5.92 Å². The summed E-state index contributed by atoms with van der Waals surface area (Å²) < 4.78 is 22.5. The predicted molar refractivity (Wildman–Crippen MR) is 60.1 cm³/mol. The summed E-state index contributed by atoms with van der Waals surface area (Å²) in [6.45, 7) is 3.40. The molecule has 1 N–H and O–H groups in total. The molecule has 0 aromatic rings. The van der Waals surface area contributed by atoms with Crippen molar-refractivity contribution < 1.29 is 13.5 Å². The van der Waals surface area contributed by atoms with Gasteiger partial charge in [-0.2, -0.15) is 0 Å². The van der Waals surface area contributed by atoms with Crippen molar-refractivity contribution >= 4 is 25.8 Å². The van der Waals surface area contributed by atoms with E-state index >= 15 is 0 Å². The van der Waals surface area contributed by atoms with Crippen molar-refractivity contribution in [2.45, 2.75) is 42.9 Å². The van der Waals surface area contributed by atoms with Crippen LogP contribution in [0.4, 0.5) is 0 Å². The summed E-state index contributed by atoms with van der Waals surface area (Å²) in [5.74, 6) is 0.228. The van der Waals surface area contributed by atoms with Gasteiger partial charge in [0.15, 0.2) is 13.5 Å². The van der Waals surface area contributed by atoms with Crippen molar-refractivity contribution in [2.75, 3.05) is 5.75 Å². The van der Waals surface area contributed by atoms with Crippen LogP contribution in [0.1, 0.15) is 33.1 Å². The zero-order chi connectivity index (χ0) is 11.0. The predicted octanol–water partition coefficient (Wildman–Crippen LogP) is 1.69. The maximum absolute atomic E-state index is 11.8. The van der Waals surface area contributed by atoms with Gasteiger partial charge in [0, 0.05) is 5.75 Å². The Hall–Kier alpha value is 0.390. The summed E-state index contributed by atoms with van der Waals surface area (Å²) in [4.78, 5) is 0. The van der Waals surface area contributed by atoms with Gasteiger partial charge in [-0.05, 0) is 25.2 Å². The molecule has 0 unspecified atom stereocenters. The Morgan fingerprint density at radius 1 is 1.50 bits per heavy atom. The summed E-state index contributed by atoms with van der Waals surface area (Å²) in [6, 6.07) is 0. The lowest BCUT2D eigenvalue weighted by Crippen LogP contribution is -2.45. The molecule has 0 bridgehead atoms. The minimum atomic E-state index is -3.25. The topological polar surface area (TPSA) is 54.4 Å². The lowest BCUT2D eigenvalue weighted by atomic mass is 10.1. The molecule has 1 saturated carbocycles. The van der Waals surface area contributed by atoms with Gasteiger partial charge in [-0.25, -0.2) is 8.42 Å². The van der Waals surface area contributed by atoms with Gasteiger partial charge in [-0.3, -0.25) is 0 Å². The van der Waals surface area contributed by atoms with Crippen LogP contribution in [-0.2, 0) is 9.84 Å². The number of aliphatic hydroxyl groups is 1. The van der Waals surface area contributed by atoms with E-state index in [0.29, 0.717) is 6.42 Å². The number of hydrogen-bond acceptors (Lipinski definition) is 3. The third kappa shape index (κ3) is 1.99. The van der Waals surface area contributed by atoms with Gasteiger partial charge in [0.25, 0.3) is 0 Å². The number of sulfone groups is 1. The SMILES string of the molecule is CC[C@](Br)([C@H](O)C1CC1)S(=O)(=O)CC. The molecule has 0 heterocycles. The van der Waals surface area contributed by atoms with Crippen molar-refractivity contribution in [1.29, 1.82) is 0 Å². The molecule has 0 radical (unpaired) electrons. The summed E-state index contributed by atoms with van der Waals surface area (Å²) in [5.41, 5.74) is 0. The first kappa shape index (κ1) is 12.5. The monoisotopic (exact) mass is 284 g/mol. The molecule has 1 fully saturated rings. The highest BCUT2D eigenvalue weighted by Crippen LogP contribution is 2.45. The maximum atomic E-state index is 11.8. The summed E-state index contributed by atoms with van der Waals surface area (Å²) in [6.07, 6.45) is 1.51. The lowest BCUT2D eigenvalue weighted by Gasteiger charge is -2.30. The number of aliphatic hydroxyl groups excluding tert-OH is 1. The first-order valence-corrected chi connectivity index (χ1v) is 7.42. The fourth-order valence-corrected chi connectivity index (χ4v) is 4.16. The summed E-state index contributed by atoms with van der Waals surface area (Å²) in [5, 5.41) is 9.95. The first-order chi connectivity index (χ1) is 6.39. The van der Waals surface area contributed by atoms with Crippen LogP contribution in [0.25, 0.3) is 0 Å². The third-order valence-electron chi connectivity index (χ3n) is 2.89. The highest BCUT2D eigenvalue weighted by molar-refractivity contribution is 9.11. The van der Waals surface area contributed by atoms with E-state index in [1.807, 2.05) is 0 Å². The number of hydrogen-bond donors (Lipinski definition) is 1. The maximum Gasteiger partial charge on any atom is 0.168 e. The van der Waals surface area contributed by atoms with Crippen molar-refractivity contribution in [1.82, 2.24) is 0 Å². The van der Waals surface area contributed by atoms with Crippen LogP contribution in [0.3, 0.4) is 0 Å². The third-order valence-corrected chi connectivity index (χ3v) is 7.72. The standard InChI is InChI=1S/C9H17BrO3S/c1-3-9(10,14(12,13)4-2)8(11)7-5-6-7/h7-8,11H,3-6H2,1-2H3/t8-,9-/m1/s1. The normalized spacial score (nSPS) is 24.3. The molecule has 84 valence electrons. The molecule has 1 aliphatic carbocycles. The van der Waals surface area contributed by atoms with Crippen LogP contribution in [0.15, 0.2) is 0 Å². The summed E-state index contributed by atoms with van der Waals surface area (Å²) >= 11 is 3.23. The molecule has 1 aliphatic rings.